The van der Waals surface area contributed by atoms with Crippen LogP contribution in [0.1, 0.15) is 11.1 Å². The molecule has 0 fully saturated rings. The number of nitrogens with two attached hydrogens (primary N) is 1. The molecule has 0 spiro atoms. The maximum atomic E-state index is 10.6. The third kappa shape index (κ3) is 3.61. The van der Waals surface area contributed by atoms with Gasteiger partial charge >= 0.3 is 5.97 Å². The predicted octanol–water partition coefficient (Wildman–Crippen LogP) is 1.45. The fourth-order valence-corrected chi connectivity index (χ4v) is 1.31. The van der Waals surface area contributed by atoms with E-state index in [9.17, 15) is 4.79 Å². The summed E-state index contributed by atoms with van der Waals surface area (Å²) in [4.78, 5) is 13.2. The maximum Gasteiger partial charge on any atom is 0.320 e. The van der Waals surface area contributed by atoms with E-state index in [-0.39, 0.29) is 13.0 Å². The van der Waals surface area contributed by atoms with Gasteiger partial charge < -0.3 is 10.8 Å². The molecule has 0 aliphatic rings. The van der Waals surface area contributed by atoms with Crippen LogP contribution in [0.4, 0.5) is 0 Å². The molecule has 1 aromatic rings. The largest absolute Gasteiger partial charge is 0.480 e. The van der Waals surface area contributed by atoms with Crippen LogP contribution in [0.5, 0.6) is 0 Å². The average molecular weight is 220 g/mol. The van der Waals surface area contributed by atoms with Crippen molar-refractivity contribution in [2.75, 3.05) is 0 Å². The van der Waals surface area contributed by atoms with Gasteiger partial charge in [0.1, 0.15) is 6.04 Å². The Balaban J connectivity index is 2.74. The molecule has 0 saturated heterocycles. The number of rotatable bonds is 5. The minimum Gasteiger partial charge on any atom is -0.480 e. The molecule has 6 nitrogen and oxygen atoms in total. The topological polar surface area (TPSA) is 112 Å². The fourth-order valence-electron chi connectivity index (χ4n) is 1.31. The lowest BCUT2D eigenvalue weighted by Crippen LogP contribution is -2.32. The van der Waals surface area contributed by atoms with Crippen molar-refractivity contribution < 1.29 is 9.90 Å². The number of hydrogen-bond donors (Lipinski definition) is 2. The molecule has 0 saturated carbocycles. The Bertz CT molecular complexity index is 427. The number of carboxylic acids is 1. The Hall–Kier alpha value is -2.04. The molecule has 0 aliphatic heterocycles. The van der Waals surface area contributed by atoms with E-state index in [0.29, 0.717) is 0 Å². The van der Waals surface area contributed by atoms with Crippen molar-refractivity contribution in [2.45, 2.75) is 19.0 Å². The van der Waals surface area contributed by atoms with E-state index < -0.39 is 12.0 Å². The number of hydrogen-bond acceptors (Lipinski definition) is 3. The first kappa shape index (κ1) is 12.0. The molecule has 0 radical (unpaired) electrons. The molecule has 1 atom stereocenters. The zero-order chi connectivity index (χ0) is 12.0. The number of benzene rings is 1. The summed E-state index contributed by atoms with van der Waals surface area (Å²) in [5.41, 5.74) is 15.3. The standard InChI is InChI=1S/C10H12N4O2/c11-9(10(15)16)5-7-2-1-3-8(4-7)6-13-14-12/h1-4,9H,5-6,11H2,(H,15,16). The predicted molar refractivity (Wildman–Crippen MR) is 58.6 cm³/mol. The third-order valence-corrected chi connectivity index (χ3v) is 2.08. The lowest BCUT2D eigenvalue weighted by molar-refractivity contribution is -0.138. The number of azide groups is 1. The highest BCUT2D eigenvalue weighted by Gasteiger charge is 2.11. The summed E-state index contributed by atoms with van der Waals surface area (Å²) in [6, 6.07) is 6.27. The van der Waals surface area contributed by atoms with Crippen molar-refractivity contribution >= 4 is 5.97 Å². The van der Waals surface area contributed by atoms with Crippen LogP contribution < -0.4 is 5.73 Å². The number of carboxylic acid groups (broad SMARTS) is 1. The summed E-state index contributed by atoms with van der Waals surface area (Å²) >= 11 is 0. The normalized spacial score (nSPS) is 11.6. The summed E-state index contributed by atoms with van der Waals surface area (Å²) in [7, 11) is 0. The Kier molecular flexibility index (Phi) is 4.32. The van der Waals surface area contributed by atoms with Crippen molar-refractivity contribution in [3.63, 3.8) is 0 Å². The first-order valence-corrected chi connectivity index (χ1v) is 4.70. The van der Waals surface area contributed by atoms with Crippen LogP contribution in [0, 0.1) is 0 Å². The van der Waals surface area contributed by atoms with Crippen LogP contribution >= 0.6 is 0 Å². The van der Waals surface area contributed by atoms with E-state index in [1.54, 1.807) is 18.2 Å². The molecule has 0 bridgehead atoms. The van der Waals surface area contributed by atoms with Crippen LogP contribution in [-0.4, -0.2) is 17.1 Å². The Morgan fingerprint density at radius 1 is 1.56 bits per heavy atom. The third-order valence-electron chi connectivity index (χ3n) is 2.08. The van der Waals surface area contributed by atoms with Crippen LogP contribution in [0.2, 0.25) is 0 Å². The lowest BCUT2D eigenvalue weighted by atomic mass is 10.0. The van der Waals surface area contributed by atoms with Gasteiger partial charge in [0.25, 0.3) is 0 Å². The summed E-state index contributed by atoms with van der Waals surface area (Å²) in [5.74, 6) is -1.03. The molecule has 0 amide bonds. The van der Waals surface area contributed by atoms with E-state index >= 15 is 0 Å². The van der Waals surface area contributed by atoms with Gasteiger partial charge in [-0.2, -0.15) is 0 Å². The number of carbonyl (C=O) groups is 1. The molecule has 1 unspecified atom stereocenters. The summed E-state index contributed by atoms with van der Waals surface area (Å²) in [6.45, 7) is 0.257. The van der Waals surface area contributed by atoms with Crippen LogP contribution in [0.15, 0.2) is 29.4 Å². The van der Waals surface area contributed by atoms with Gasteiger partial charge in [-0.25, -0.2) is 0 Å². The number of nitrogens with zero attached hydrogens (tertiary/aromatic N) is 3. The second kappa shape index (κ2) is 5.75. The van der Waals surface area contributed by atoms with Gasteiger partial charge in [-0.05, 0) is 23.1 Å². The summed E-state index contributed by atoms with van der Waals surface area (Å²) < 4.78 is 0. The maximum absolute atomic E-state index is 10.6. The molecular weight excluding hydrogens is 208 g/mol. The van der Waals surface area contributed by atoms with Gasteiger partial charge in [-0.3, -0.25) is 4.79 Å². The zero-order valence-corrected chi connectivity index (χ0v) is 8.58. The van der Waals surface area contributed by atoms with Crippen LogP contribution in [-0.2, 0) is 17.8 Å². The van der Waals surface area contributed by atoms with E-state index in [2.05, 4.69) is 10.0 Å². The highest BCUT2D eigenvalue weighted by atomic mass is 16.4. The van der Waals surface area contributed by atoms with Crippen LogP contribution in [0.25, 0.3) is 10.4 Å². The molecule has 3 N–H and O–H groups in total. The Labute approximate surface area is 92.3 Å². The second-order valence-electron chi connectivity index (χ2n) is 3.36. The van der Waals surface area contributed by atoms with E-state index in [4.69, 9.17) is 16.4 Å². The van der Waals surface area contributed by atoms with Gasteiger partial charge in [0.2, 0.25) is 0 Å². The molecule has 1 aromatic carbocycles. The molecule has 0 aromatic heterocycles. The van der Waals surface area contributed by atoms with Crippen LogP contribution in [0.3, 0.4) is 0 Å². The molecule has 16 heavy (non-hydrogen) atoms. The van der Waals surface area contributed by atoms with Crippen molar-refractivity contribution in [2.24, 2.45) is 10.8 Å². The first-order valence-electron chi connectivity index (χ1n) is 4.70. The molecule has 0 aliphatic carbocycles. The average Bonchev–Trinajstić information content (AvgIpc) is 2.26. The zero-order valence-electron chi connectivity index (χ0n) is 8.58. The van der Waals surface area contributed by atoms with E-state index in [1.165, 1.54) is 0 Å². The van der Waals surface area contributed by atoms with Gasteiger partial charge in [-0.1, -0.05) is 29.4 Å². The van der Waals surface area contributed by atoms with E-state index in [0.717, 1.165) is 11.1 Å². The first-order chi connectivity index (χ1) is 7.63. The minimum absolute atomic E-state index is 0.257. The second-order valence-corrected chi connectivity index (χ2v) is 3.36. The van der Waals surface area contributed by atoms with Gasteiger partial charge in [0.15, 0.2) is 0 Å². The van der Waals surface area contributed by atoms with Gasteiger partial charge in [-0.15, -0.1) is 0 Å². The molecule has 6 heteroatoms. The summed E-state index contributed by atoms with van der Waals surface area (Å²) in [6.07, 6.45) is 0.263. The minimum atomic E-state index is -1.03. The van der Waals surface area contributed by atoms with Gasteiger partial charge in [0, 0.05) is 4.91 Å². The highest BCUT2D eigenvalue weighted by molar-refractivity contribution is 5.73. The van der Waals surface area contributed by atoms with E-state index in [1.807, 2.05) is 6.07 Å². The van der Waals surface area contributed by atoms with Crippen molar-refractivity contribution in [3.8, 4) is 0 Å². The molecule has 84 valence electrons. The quantitative estimate of drug-likeness (QED) is 0.444. The monoisotopic (exact) mass is 220 g/mol. The lowest BCUT2D eigenvalue weighted by Gasteiger charge is -2.07. The molecule has 1 rings (SSSR count). The smallest absolute Gasteiger partial charge is 0.320 e. The van der Waals surface area contributed by atoms with Gasteiger partial charge in [0.05, 0.1) is 6.54 Å². The highest BCUT2D eigenvalue weighted by Crippen LogP contribution is 2.08. The Morgan fingerprint density at radius 2 is 2.25 bits per heavy atom. The molecule has 0 heterocycles. The summed E-state index contributed by atoms with van der Waals surface area (Å²) in [5, 5.41) is 12.1. The van der Waals surface area contributed by atoms with Crippen molar-refractivity contribution in [3.05, 3.63) is 45.8 Å². The molecular formula is C10H12N4O2. The van der Waals surface area contributed by atoms with Crippen molar-refractivity contribution in [1.82, 2.24) is 0 Å². The number of aliphatic carboxylic acids is 1. The van der Waals surface area contributed by atoms with Crippen molar-refractivity contribution in [1.29, 1.82) is 0 Å². The fraction of sp³-hybridized carbons (Fsp3) is 0.300. The SMILES string of the molecule is [N-]=[N+]=NCc1cccc(CC(N)C(=O)O)c1. The Morgan fingerprint density at radius 3 is 2.88 bits per heavy atom.